The summed E-state index contributed by atoms with van der Waals surface area (Å²) >= 11 is 0. The lowest BCUT2D eigenvalue weighted by atomic mass is 10.0. The summed E-state index contributed by atoms with van der Waals surface area (Å²) in [5, 5.41) is 9.63. The second kappa shape index (κ2) is 6.20. The summed E-state index contributed by atoms with van der Waals surface area (Å²) in [6.45, 7) is 3.97. The van der Waals surface area contributed by atoms with Gasteiger partial charge in [-0.1, -0.05) is 30.9 Å². The van der Waals surface area contributed by atoms with E-state index in [9.17, 15) is 0 Å². The number of rotatable bonds is 4. The average Bonchev–Trinajstić information content (AvgIpc) is 3.06. The Hall–Kier alpha value is -3.47. The van der Waals surface area contributed by atoms with E-state index in [1.807, 2.05) is 42.5 Å². The van der Waals surface area contributed by atoms with Gasteiger partial charge in [0.1, 0.15) is 0 Å². The first kappa shape index (κ1) is 15.1. The summed E-state index contributed by atoms with van der Waals surface area (Å²) in [6, 6.07) is 13.9. The Bertz CT molecular complexity index is 1050. The predicted molar refractivity (Wildman–Crippen MR) is 99.2 cm³/mol. The maximum atomic E-state index is 5.45. The van der Waals surface area contributed by atoms with Gasteiger partial charge in [-0.2, -0.15) is 0 Å². The number of hydrogen-bond donors (Lipinski definition) is 1. The van der Waals surface area contributed by atoms with Crippen LogP contribution in [0, 0.1) is 0 Å². The van der Waals surface area contributed by atoms with Crippen LogP contribution in [0.5, 0.6) is 5.88 Å². The minimum Gasteiger partial charge on any atom is -0.479 e. The number of aromatic nitrogens is 4. The number of ether oxygens (including phenoxy) is 1. The Morgan fingerprint density at radius 3 is 2.64 bits per heavy atom. The van der Waals surface area contributed by atoms with Gasteiger partial charge in [0.15, 0.2) is 0 Å². The molecule has 0 saturated carbocycles. The predicted octanol–water partition coefficient (Wildman–Crippen LogP) is 4.34. The molecule has 0 aliphatic carbocycles. The molecule has 0 saturated heterocycles. The lowest BCUT2D eigenvalue weighted by Gasteiger charge is -2.09. The Morgan fingerprint density at radius 1 is 1.08 bits per heavy atom. The Morgan fingerprint density at radius 2 is 1.88 bits per heavy atom. The van der Waals surface area contributed by atoms with Crippen LogP contribution < -0.4 is 4.74 Å². The van der Waals surface area contributed by atoms with Crippen LogP contribution in [-0.4, -0.2) is 27.3 Å². The highest BCUT2D eigenvalue weighted by molar-refractivity contribution is 5.97. The third-order valence-corrected chi connectivity index (χ3v) is 4.15. The van der Waals surface area contributed by atoms with Gasteiger partial charge < -0.3 is 9.72 Å². The molecule has 1 N–H and O–H groups in total. The molecule has 0 unspecified atom stereocenters. The van der Waals surface area contributed by atoms with E-state index in [1.165, 1.54) is 0 Å². The molecule has 122 valence electrons. The van der Waals surface area contributed by atoms with E-state index >= 15 is 0 Å². The lowest BCUT2D eigenvalue weighted by Crippen LogP contribution is -1.97. The highest BCUT2D eigenvalue weighted by Crippen LogP contribution is 2.36. The fraction of sp³-hybridized carbons (Fsp3) is 0.0500. The molecular weight excluding hydrogens is 312 g/mol. The summed E-state index contributed by atoms with van der Waals surface area (Å²) in [6.07, 6.45) is 5.32. The first-order chi connectivity index (χ1) is 12.3. The molecule has 4 rings (SSSR count). The van der Waals surface area contributed by atoms with Crippen molar-refractivity contribution in [3.8, 4) is 28.4 Å². The van der Waals surface area contributed by atoms with Gasteiger partial charge in [0.25, 0.3) is 0 Å². The molecule has 0 fully saturated rings. The number of para-hydroxylation sites is 1. The minimum absolute atomic E-state index is 0.465. The first-order valence-electron chi connectivity index (χ1n) is 7.87. The molecular formula is C20H16N4O. The van der Waals surface area contributed by atoms with Crippen molar-refractivity contribution in [3.05, 3.63) is 67.0 Å². The molecule has 3 aromatic heterocycles. The van der Waals surface area contributed by atoms with E-state index in [-0.39, 0.29) is 0 Å². The van der Waals surface area contributed by atoms with Crippen molar-refractivity contribution in [1.29, 1.82) is 0 Å². The van der Waals surface area contributed by atoms with Crippen molar-refractivity contribution < 1.29 is 4.74 Å². The van der Waals surface area contributed by atoms with Gasteiger partial charge in [-0.05, 0) is 24.3 Å². The smallest absolute Gasteiger partial charge is 0.242 e. The van der Waals surface area contributed by atoms with Gasteiger partial charge in [0.05, 0.1) is 24.1 Å². The summed E-state index contributed by atoms with van der Waals surface area (Å²) in [5.41, 5.74) is 5.52. The SMILES string of the molecule is C=Cc1c(-c2cc(-c3ccncc3)nnc2OC)[nH]c2ccccc12. The zero-order valence-electron chi connectivity index (χ0n) is 13.7. The molecule has 1 aromatic carbocycles. The highest BCUT2D eigenvalue weighted by Gasteiger charge is 2.17. The molecule has 5 nitrogen and oxygen atoms in total. The average molecular weight is 328 g/mol. The van der Waals surface area contributed by atoms with Crippen molar-refractivity contribution in [3.63, 3.8) is 0 Å². The number of benzene rings is 1. The van der Waals surface area contributed by atoms with Crippen molar-refractivity contribution >= 4 is 17.0 Å². The molecule has 0 radical (unpaired) electrons. The number of pyridine rings is 1. The van der Waals surface area contributed by atoms with Crippen LogP contribution >= 0.6 is 0 Å². The summed E-state index contributed by atoms with van der Waals surface area (Å²) < 4.78 is 5.45. The minimum atomic E-state index is 0.465. The molecule has 25 heavy (non-hydrogen) atoms. The number of nitrogens with zero attached hydrogens (tertiary/aromatic N) is 3. The first-order valence-corrected chi connectivity index (χ1v) is 7.87. The normalized spacial score (nSPS) is 10.8. The molecule has 5 heteroatoms. The molecule has 0 spiro atoms. The maximum Gasteiger partial charge on any atom is 0.242 e. The molecule has 0 atom stereocenters. The van der Waals surface area contributed by atoms with Crippen LogP contribution in [0.1, 0.15) is 5.56 Å². The van der Waals surface area contributed by atoms with Crippen molar-refractivity contribution in [2.24, 2.45) is 0 Å². The van der Waals surface area contributed by atoms with Gasteiger partial charge in [-0.25, -0.2) is 0 Å². The lowest BCUT2D eigenvalue weighted by molar-refractivity contribution is 0.394. The molecule has 0 bridgehead atoms. The van der Waals surface area contributed by atoms with Crippen molar-refractivity contribution in [2.45, 2.75) is 0 Å². The van der Waals surface area contributed by atoms with Gasteiger partial charge >= 0.3 is 0 Å². The van der Waals surface area contributed by atoms with Crippen LogP contribution in [0.15, 0.2) is 61.4 Å². The van der Waals surface area contributed by atoms with E-state index < -0.39 is 0 Å². The van der Waals surface area contributed by atoms with Crippen LogP contribution in [0.4, 0.5) is 0 Å². The second-order valence-corrected chi connectivity index (χ2v) is 5.55. The molecule has 0 aliphatic rings. The number of hydrogen-bond acceptors (Lipinski definition) is 4. The van der Waals surface area contributed by atoms with E-state index in [2.05, 4.69) is 32.8 Å². The number of aromatic amines is 1. The van der Waals surface area contributed by atoms with E-state index in [0.717, 1.165) is 39.0 Å². The number of fused-ring (bicyclic) bond motifs is 1. The fourth-order valence-corrected chi connectivity index (χ4v) is 2.96. The third kappa shape index (κ3) is 2.55. The third-order valence-electron chi connectivity index (χ3n) is 4.15. The number of nitrogens with one attached hydrogen (secondary N) is 1. The Labute approximate surface area is 145 Å². The molecule has 0 amide bonds. The molecule has 0 aliphatic heterocycles. The highest BCUT2D eigenvalue weighted by atomic mass is 16.5. The van der Waals surface area contributed by atoms with Gasteiger partial charge in [0.2, 0.25) is 5.88 Å². The molecule has 3 heterocycles. The standard InChI is InChI=1S/C20H16N4O/c1-3-14-15-6-4-5-7-17(15)22-19(14)16-12-18(23-24-20(16)25-2)13-8-10-21-11-9-13/h3-12,22H,1H2,2H3. The number of methoxy groups -OCH3 is 1. The van der Waals surface area contributed by atoms with Gasteiger partial charge in [0, 0.05) is 34.4 Å². The van der Waals surface area contributed by atoms with Crippen molar-refractivity contribution in [1.82, 2.24) is 20.2 Å². The van der Waals surface area contributed by atoms with Crippen LogP contribution in [0.2, 0.25) is 0 Å². The van der Waals surface area contributed by atoms with E-state index in [0.29, 0.717) is 5.88 Å². The maximum absolute atomic E-state index is 5.45. The van der Waals surface area contributed by atoms with Gasteiger partial charge in [-0.3, -0.25) is 4.98 Å². The van der Waals surface area contributed by atoms with Crippen molar-refractivity contribution in [2.75, 3.05) is 7.11 Å². The quantitative estimate of drug-likeness (QED) is 0.605. The molecule has 4 aromatic rings. The Kier molecular flexibility index (Phi) is 3.74. The Balaban J connectivity index is 1.97. The van der Waals surface area contributed by atoms with E-state index in [4.69, 9.17) is 4.74 Å². The van der Waals surface area contributed by atoms with Crippen LogP contribution in [0.25, 0.3) is 39.5 Å². The second-order valence-electron chi connectivity index (χ2n) is 5.55. The van der Waals surface area contributed by atoms with Crippen LogP contribution in [-0.2, 0) is 0 Å². The van der Waals surface area contributed by atoms with E-state index in [1.54, 1.807) is 19.5 Å². The topological polar surface area (TPSA) is 63.7 Å². The monoisotopic (exact) mass is 328 g/mol. The zero-order chi connectivity index (χ0) is 17.2. The van der Waals surface area contributed by atoms with Gasteiger partial charge in [-0.15, -0.1) is 10.2 Å². The largest absolute Gasteiger partial charge is 0.479 e. The van der Waals surface area contributed by atoms with Crippen LogP contribution in [0.3, 0.4) is 0 Å². The zero-order valence-corrected chi connectivity index (χ0v) is 13.7. The summed E-state index contributed by atoms with van der Waals surface area (Å²) in [4.78, 5) is 7.50. The summed E-state index contributed by atoms with van der Waals surface area (Å²) in [5.74, 6) is 0.465. The number of H-pyrrole nitrogens is 1. The fourth-order valence-electron chi connectivity index (χ4n) is 2.96. The summed E-state index contributed by atoms with van der Waals surface area (Å²) in [7, 11) is 1.59.